The highest BCUT2D eigenvalue weighted by atomic mass is 19.1. The van der Waals surface area contributed by atoms with Crippen LogP contribution in [-0.4, -0.2) is 20.7 Å². The smallest absolute Gasteiger partial charge is 0.295 e. The van der Waals surface area contributed by atoms with E-state index in [1.54, 1.807) is 16.8 Å². The second-order valence-corrected chi connectivity index (χ2v) is 7.02. The van der Waals surface area contributed by atoms with Gasteiger partial charge in [-0.15, -0.1) is 5.10 Å². The molecule has 0 aliphatic carbocycles. The van der Waals surface area contributed by atoms with Gasteiger partial charge in [-0.1, -0.05) is 54.6 Å². The Kier molecular flexibility index (Phi) is 5.66. The number of hydrogen-bond acceptors (Lipinski definition) is 3. The largest absolute Gasteiger partial charge is 0.317 e. The first-order chi connectivity index (χ1) is 14.6. The lowest BCUT2D eigenvalue weighted by Gasteiger charge is -2.07. The molecule has 0 aliphatic rings. The zero-order valence-corrected chi connectivity index (χ0v) is 16.5. The first kappa shape index (κ1) is 19.5. The van der Waals surface area contributed by atoms with Crippen molar-refractivity contribution in [3.8, 4) is 5.69 Å². The summed E-state index contributed by atoms with van der Waals surface area (Å²) in [5.74, 6) is -0.383. The summed E-state index contributed by atoms with van der Waals surface area (Å²) in [6.45, 7) is 2.00. The highest BCUT2D eigenvalue weighted by molar-refractivity contribution is 6.01. The molecule has 1 amide bonds. The zero-order valence-electron chi connectivity index (χ0n) is 16.5. The Labute approximate surface area is 174 Å². The number of anilines is 1. The van der Waals surface area contributed by atoms with Gasteiger partial charge < -0.3 is 5.32 Å². The van der Waals surface area contributed by atoms with E-state index >= 15 is 0 Å². The highest BCUT2D eigenvalue weighted by Crippen LogP contribution is 2.17. The van der Waals surface area contributed by atoms with Crippen molar-refractivity contribution in [3.63, 3.8) is 0 Å². The van der Waals surface area contributed by atoms with Gasteiger partial charge in [0, 0.05) is 6.42 Å². The second-order valence-electron chi connectivity index (χ2n) is 7.02. The lowest BCUT2D eigenvalue weighted by atomic mass is 10.1. The van der Waals surface area contributed by atoms with Crippen molar-refractivity contribution >= 4 is 11.6 Å². The number of halogens is 1. The van der Waals surface area contributed by atoms with Crippen LogP contribution in [-0.2, 0) is 12.8 Å². The van der Waals surface area contributed by atoms with Gasteiger partial charge in [0.25, 0.3) is 5.91 Å². The number of amides is 1. The fourth-order valence-corrected chi connectivity index (χ4v) is 3.21. The minimum Gasteiger partial charge on any atom is -0.317 e. The number of nitrogens with one attached hydrogen (secondary N) is 1. The topological polar surface area (TPSA) is 59.8 Å². The molecule has 0 fully saturated rings. The summed E-state index contributed by atoms with van der Waals surface area (Å²) >= 11 is 0. The fraction of sp³-hybridized carbons (Fsp3) is 0.125. The van der Waals surface area contributed by atoms with E-state index in [1.807, 2.05) is 49.4 Å². The summed E-state index contributed by atoms with van der Waals surface area (Å²) in [7, 11) is 0. The monoisotopic (exact) mass is 400 g/mol. The van der Waals surface area contributed by atoms with E-state index in [2.05, 4.69) is 27.5 Å². The molecule has 3 aromatic carbocycles. The Morgan fingerprint density at radius 1 is 0.967 bits per heavy atom. The molecule has 1 N–H and O–H groups in total. The number of nitrogens with zero attached hydrogens (tertiary/aromatic N) is 3. The van der Waals surface area contributed by atoms with Crippen LogP contribution in [0.3, 0.4) is 0 Å². The first-order valence-electron chi connectivity index (χ1n) is 9.73. The van der Waals surface area contributed by atoms with Gasteiger partial charge in [0.15, 0.2) is 0 Å². The lowest BCUT2D eigenvalue weighted by molar-refractivity contribution is 0.101. The number of carbonyl (C=O) groups is 1. The standard InChI is InChI=1S/C24H21FN4O/c1-17-8-7-11-19(16-17)29-22(15-14-18-9-3-2-4-10-18)27-23(28-29)24(30)26-21-13-6-5-12-20(21)25/h2-13,16H,14-15H2,1H3,(H,26,30). The number of rotatable bonds is 6. The van der Waals surface area contributed by atoms with Crippen molar-refractivity contribution in [2.45, 2.75) is 19.8 Å². The molecular formula is C24H21FN4O. The predicted octanol–water partition coefficient (Wildman–Crippen LogP) is 4.75. The molecule has 1 heterocycles. The summed E-state index contributed by atoms with van der Waals surface area (Å²) in [5, 5.41) is 6.98. The average Bonchev–Trinajstić information content (AvgIpc) is 3.19. The van der Waals surface area contributed by atoms with Crippen LogP contribution in [0.5, 0.6) is 0 Å². The van der Waals surface area contributed by atoms with Crippen LogP contribution in [0.15, 0.2) is 78.9 Å². The molecule has 0 unspecified atom stereocenters. The van der Waals surface area contributed by atoms with Crippen LogP contribution >= 0.6 is 0 Å². The third kappa shape index (κ3) is 4.43. The third-order valence-electron chi connectivity index (χ3n) is 4.73. The van der Waals surface area contributed by atoms with Crippen molar-refractivity contribution < 1.29 is 9.18 Å². The van der Waals surface area contributed by atoms with Crippen molar-refractivity contribution in [2.24, 2.45) is 0 Å². The molecule has 5 nitrogen and oxygen atoms in total. The maximum Gasteiger partial charge on any atom is 0.295 e. The number of hydrogen-bond donors (Lipinski definition) is 1. The van der Waals surface area contributed by atoms with E-state index in [0.29, 0.717) is 12.2 Å². The van der Waals surface area contributed by atoms with E-state index in [4.69, 9.17) is 0 Å². The van der Waals surface area contributed by atoms with Gasteiger partial charge >= 0.3 is 0 Å². The molecule has 0 spiro atoms. The maximum absolute atomic E-state index is 13.9. The number of aromatic nitrogens is 3. The van der Waals surface area contributed by atoms with Crippen molar-refractivity contribution in [1.29, 1.82) is 0 Å². The van der Waals surface area contributed by atoms with Crippen LogP contribution in [0, 0.1) is 12.7 Å². The maximum atomic E-state index is 13.9. The average molecular weight is 400 g/mol. The SMILES string of the molecule is Cc1cccc(-n2nc(C(=O)Nc3ccccc3F)nc2CCc2ccccc2)c1. The van der Waals surface area contributed by atoms with Crippen LogP contribution in [0.1, 0.15) is 27.6 Å². The minimum atomic E-state index is -0.549. The van der Waals surface area contributed by atoms with Crippen molar-refractivity contribution in [3.05, 3.63) is 107 Å². The van der Waals surface area contributed by atoms with Gasteiger partial charge in [-0.2, -0.15) is 0 Å². The van der Waals surface area contributed by atoms with Gasteiger partial charge in [0.05, 0.1) is 11.4 Å². The second kappa shape index (κ2) is 8.69. The van der Waals surface area contributed by atoms with E-state index in [9.17, 15) is 9.18 Å². The molecule has 0 atom stereocenters. The zero-order chi connectivity index (χ0) is 20.9. The first-order valence-corrected chi connectivity index (χ1v) is 9.73. The molecule has 30 heavy (non-hydrogen) atoms. The molecule has 0 saturated heterocycles. The molecule has 0 radical (unpaired) electrons. The Bertz CT molecular complexity index is 1170. The summed E-state index contributed by atoms with van der Waals surface area (Å²) < 4.78 is 15.6. The van der Waals surface area contributed by atoms with E-state index < -0.39 is 11.7 Å². The summed E-state index contributed by atoms with van der Waals surface area (Å²) in [6, 6.07) is 23.9. The normalized spacial score (nSPS) is 10.7. The molecule has 1 aromatic heterocycles. The Morgan fingerprint density at radius 2 is 1.73 bits per heavy atom. The van der Waals surface area contributed by atoms with Crippen LogP contribution < -0.4 is 5.32 Å². The lowest BCUT2D eigenvalue weighted by Crippen LogP contribution is -2.15. The number of para-hydroxylation sites is 1. The summed E-state index contributed by atoms with van der Waals surface area (Å²) in [5.41, 5.74) is 3.18. The highest BCUT2D eigenvalue weighted by Gasteiger charge is 2.18. The van der Waals surface area contributed by atoms with Crippen LogP contribution in [0.4, 0.5) is 10.1 Å². The molecule has 6 heteroatoms. The molecule has 4 aromatic rings. The van der Waals surface area contributed by atoms with Gasteiger partial charge in [0.2, 0.25) is 5.82 Å². The number of benzene rings is 3. The third-order valence-corrected chi connectivity index (χ3v) is 4.73. The van der Waals surface area contributed by atoms with E-state index in [1.165, 1.54) is 17.7 Å². The molecule has 150 valence electrons. The van der Waals surface area contributed by atoms with E-state index in [0.717, 1.165) is 17.7 Å². The van der Waals surface area contributed by atoms with Crippen molar-refractivity contribution in [2.75, 3.05) is 5.32 Å². The van der Waals surface area contributed by atoms with Gasteiger partial charge in [-0.3, -0.25) is 4.79 Å². The Hall–Kier alpha value is -3.80. The minimum absolute atomic E-state index is 0.00261. The van der Waals surface area contributed by atoms with Crippen LogP contribution in [0.25, 0.3) is 5.69 Å². The molecule has 0 saturated carbocycles. The number of carbonyl (C=O) groups excluding carboxylic acids is 1. The Morgan fingerprint density at radius 3 is 2.50 bits per heavy atom. The van der Waals surface area contributed by atoms with Gasteiger partial charge in [0.1, 0.15) is 11.6 Å². The summed E-state index contributed by atoms with van der Waals surface area (Å²) in [4.78, 5) is 17.2. The van der Waals surface area contributed by atoms with Crippen LogP contribution in [0.2, 0.25) is 0 Å². The molecule has 4 rings (SSSR count). The van der Waals surface area contributed by atoms with E-state index in [-0.39, 0.29) is 11.5 Å². The van der Waals surface area contributed by atoms with Crippen molar-refractivity contribution in [1.82, 2.24) is 14.8 Å². The molecule has 0 bridgehead atoms. The van der Waals surface area contributed by atoms with Gasteiger partial charge in [-0.05, 0) is 48.7 Å². The summed E-state index contributed by atoms with van der Waals surface area (Å²) in [6.07, 6.45) is 1.37. The number of aryl methyl sites for hydroxylation is 3. The quantitative estimate of drug-likeness (QED) is 0.508. The predicted molar refractivity (Wildman–Crippen MR) is 114 cm³/mol. The van der Waals surface area contributed by atoms with Gasteiger partial charge in [-0.25, -0.2) is 14.1 Å². The molecule has 0 aliphatic heterocycles. The molecular weight excluding hydrogens is 379 g/mol. The fourth-order valence-electron chi connectivity index (χ4n) is 3.21. The Balaban J connectivity index is 1.64.